The Bertz CT molecular complexity index is 224. The van der Waals surface area contributed by atoms with Crippen LogP contribution >= 0.6 is 0 Å². The largest absolute Gasteiger partial charge is 0.467 e. The molecule has 1 rings (SSSR count). The van der Waals surface area contributed by atoms with Crippen molar-refractivity contribution in [1.29, 1.82) is 0 Å². The van der Waals surface area contributed by atoms with Crippen molar-refractivity contribution in [3.8, 4) is 0 Å². The van der Waals surface area contributed by atoms with E-state index in [1.807, 2.05) is 0 Å². The molecule has 1 atom stereocenters. The molecule has 0 saturated carbocycles. The van der Waals surface area contributed by atoms with Gasteiger partial charge in [0.05, 0.1) is 12.9 Å². The molecule has 0 spiro atoms. The van der Waals surface area contributed by atoms with E-state index in [1.165, 1.54) is 7.11 Å². The lowest BCUT2D eigenvalue weighted by Gasteiger charge is -2.03. The maximum absolute atomic E-state index is 11.1. The SMILES string of the molecule is COC(=O)C1CNC(CC(C)C)=N1. The number of methoxy groups -OCH3 is 1. The quantitative estimate of drug-likeness (QED) is 0.652. The van der Waals surface area contributed by atoms with Crippen LogP contribution < -0.4 is 5.32 Å². The molecule has 1 N–H and O–H groups in total. The van der Waals surface area contributed by atoms with Crippen molar-refractivity contribution >= 4 is 11.8 Å². The summed E-state index contributed by atoms with van der Waals surface area (Å²) in [5.74, 6) is 1.22. The summed E-state index contributed by atoms with van der Waals surface area (Å²) in [6.07, 6.45) is 0.896. The summed E-state index contributed by atoms with van der Waals surface area (Å²) in [5, 5.41) is 3.10. The van der Waals surface area contributed by atoms with Gasteiger partial charge < -0.3 is 10.1 Å². The second kappa shape index (κ2) is 4.25. The fourth-order valence-electron chi connectivity index (χ4n) is 1.28. The van der Waals surface area contributed by atoms with Crippen LogP contribution in [0.5, 0.6) is 0 Å². The summed E-state index contributed by atoms with van der Waals surface area (Å²) in [4.78, 5) is 15.3. The number of amidine groups is 1. The van der Waals surface area contributed by atoms with E-state index in [2.05, 4.69) is 28.9 Å². The van der Waals surface area contributed by atoms with Gasteiger partial charge in [-0.3, -0.25) is 4.99 Å². The fraction of sp³-hybridized carbons (Fsp3) is 0.778. The van der Waals surface area contributed by atoms with Gasteiger partial charge in [0, 0.05) is 13.0 Å². The first-order chi connectivity index (χ1) is 6.13. The zero-order valence-corrected chi connectivity index (χ0v) is 8.33. The number of carbonyl (C=O) groups is 1. The van der Waals surface area contributed by atoms with Gasteiger partial charge in [0.1, 0.15) is 0 Å². The van der Waals surface area contributed by atoms with Crippen molar-refractivity contribution in [2.45, 2.75) is 26.3 Å². The van der Waals surface area contributed by atoms with Crippen molar-refractivity contribution in [2.75, 3.05) is 13.7 Å². The molecule has 0 amide bonds. The predicted octanol–water partition coefficient (Wildman–Crippen LogP) is 0.576. The monoisotopic (exact) mass is 184 g/mol. The van der Waals surface area contributed by atoms with Crippen LogP contribution in [0, 0.1) is 5.92 Å². The third-order valence-corrected chi connectivity index (χ3v) is 1.89. The van der Waals surface area contributed by atoms with Crippen LogP contribution in [0.15, 0.2) is 4.99 Å². The Kier molecular flexibility index (Phi) is 3.28. The maximum atomic E-state index is 11.1. The van der Waals surface area contributed by atoms with E-state index in [4.69, 9.17) is 0 Å². The molecule has 0 aromatic heterocycles. The molecule has 13 heavy (non-hydrogen) atoms. The van der Waals surface area contributed by atoms with Crippen LogP contribution in [0.3, 0.4) is 0 Å². The zero-order valence-electron chi connectivity index (χ0n) is 8.33. The van der Waals surface area contributed by atoms with Gasteiger partial charge in [-0.15, -0.1) is 0 Å². The molecule has 0 aromatic carbocycles. The van der Waals surface area contributed by atoms with Crippen LogP contribution in [0.4, 0.5) is 0 Å². The van der Waals surface area contributed by atoms with Crippen molar-refractivity contribution in [2.24, 2.45) is 10.9 Å². The summed E-state index contributed by atoms with van der Waals surface area (Å²) in [5.41, 5.74) is 0. The van der Waals surface area contributed by atoms with E-state index < -0.39 is 0 Å². The van der Waals surface area contributed by atoms with E-state index in [-0.39, 0.29) is 12.0 Å². The number of aliphatic imine (C=N–C) groups is 1. The minimum absolute atomic E-state index is 0.258. The molecular weight excluding hydrogens is 168 g/mol. The van der Waals surface area contributed by atoms with Gasteiger partial charge in [0.2, 0.25) is 0 Å². The first kappa shape index (κ1) is 10.0. The highest BCUT2D eigenvalue weighted by molar-refractivity contribution is 5.89. The number of nitrogens with zero attached hydrogens (tertiary/aromatic N) is 1. The van der Waals surface area contributed by atoms with Crippen molar-refractivity contribution < 1.29 is 9.53 Å². The molecule has 0 aliphatic carbocycles. The lowest BCUT2D eigenvalue weighted by Crippen LogP contribution is -2.27. The third-order valence-electron chi connectivity index (χ3n) is 1.89. The van der Waals surface area contributed by atoms with Crippen LogP contribution in [0.2, 0.25) is 0 Å². The Hall–Kier alpha value is -1.06. The Morgan fingerprint density at radius 1 is 1.77 bits per heavy atom. The fourth-order valence-corrected chi connectivity index (χ4v) is 1.28. The predicted molar refractivity (Wildman–Crippen MR) is 50.7 cm³/mol. The Balaban J connectivity index is 2.48. The number of nitrogens with one attached hydrogen (secondary N) is 1. The first-order valence-electron chi connectivity index (χ1n) is 4.52. The topological polar surface area (TPSA) is 50.7 Å². The molecule has 1 heterocycles. The number of esters is 1. The van der Waals surface area contributed by atoms with E-state index >= 15 is 0 Å². The minimum atomic E-state index is -0.334. The van der Waals surface area contributed by atoms with E-state index in [0.717, 1.165) is 12.3 Å². The molecule has 1 aliphatic rings. The summed E-state index contributed by atoms with van der Waals surface area (Å²) >= 11 is 0. The van der Waals surface area contributed by atoms with E-state index in [0.29, 0.717) is 12.5 Å². The Morgan fingerprint density at radius 2 is 2.46 bits per heavy atom. The van der Waals surface area contributed by atoms with Crippen molar-refractivity contribution in [3.63, 3.8) is 0 Å². The average Bonchev–Trinajstić information content (AvgIpc) is 2.50. The minimum Gasteiger partial charge on any atom is -0.467 e. The van der Waals surface area contributed by atoms with E-state index in [1.54, 1.807) is 0 Å². The molecule has 74 valence electrons. The molecule has 4 heteroatoms. The third kappa shape index (κ3) is 2.72. The maximum Gasteiger partial charge on any atom is 0.332 e. The normalized spacial score (nSPS) is 21.2. The Labute approximate surface area is 78.4 Å². The first-order valence-corrected chi connectivity index (χ1v) is 4.52. The smallest absolute Gasteiger partial charge is 0.332 e. The van der Waals surface area contributed by atoms with Crippen LogP contribution in [0.25, 0.3) is 0 Å². The van der Waals surface area contributed by atoms with Gasteiger partial charge in [0.15, 0.2) is 6.04 Å². The van der Waals surface area contributed by atoms with Crippen LogP contribution in [-0.4, -0.2) is 31.5 Å². The Morgan fingerprint density at radius 3 is 3.00 bits per heavy atom. The second-order valence-electron chi connectivity index (χ2n) is 3.59. The second-order valence-corrected chi connectivity index (χ2v) is 3.59. The highest BCUT2D eigenvalue weighted by Crippen LogP contribution is 2.07. The standard InChI is InChI=1S/C9H16N2O2/c1-6(2)4-8-10-5-7(11-8)9(12)13-3/h6-7H,4-5H2,1-3H3,(H,10,11). The molecule has 0 fully saturated rings. The molecule has 0 bridgehead atoms. The molecule has 1 aliphatic heterocycles. The van der Waals surface area contributed by atoms with Crippen LogP contribution in [-0.2, 0) is 9.53 Å². The van der Waals surface area contributed by atoms with Crippen molar-refractivity contribution in [3.05, 3.63) is 0 Å². The number of ether oxygens (including phenoxy) is 1. The molecule has 0 aromatic rings. The number of hydrogen-bond donors (Lipinski definition) is 1. The summed E-state index contributed by atoms with van der Waals surface area (Å²) < 4.78 is 4.60. The number of hydrogen-bond acceptors (Lipinski definition) is 4. The summed E-state index contributed by atoms with van der Waals surface area (Å²) in [6, 6.07) is -0.334. The van der Waals surface area contributed by atoms with Gasteiger partial charge >= 0.3 is 5.97 Å². The lowest BCUT2D eigenvalue weighted by atomic mass is 10.1. The number of carbonyl (C=O) groups excluding carboxylic acids is 1. The zero-order chi connectivity index (χ0) is 9.84. The summed E-state index contributed by atoms with van der Waals surface area (Å²) in [6.45, 7) is 4.82. The molecule has 0 radical (unpaired) electrons. The van der Waals surface area contributed by atoms with Gasteiger partial charge in [-0.1, -0.05) is 13.8 Å². The lowest BCUT2D eigenvalue weighted by molar-refractivity contribution is -0.141. The van der Waals surface area contributed by atoms with E-state index in [9.17, 15) is 4.79 Å². The summed E-state index contributed by atoms with van der Waals surface area (Å²) in [7, 11) is 1.39. The molecule has 1 unspecified atom stereocenters. The highest BCUT2D eigenvalue weighted by Gasteiger charge is 2.24. The van der Waals surface area contributed by atoms with Gasteiger partial charge in [-0.25, -0.2) is 4.79 Å². The molecule has 0 saturated heterocycles. The highest BCUT2D eigenvalue weighted by atomic mass is 16.5. The average molecular weight is 184 g/mol. The molecule has 4 nitrogen and oxygen atoms in total. The van der Waals surface area contributed by atoms with Gasteiger partial charge in [0.25, 0.3) is 0 Å². The number of rotatable bonds is 3. The van der Waals surface area contributed by atoms with Crippen LogP contribution in [0.1, 0.15) is 20.3 Å². The molecular formula is C9H16N2O2. The van der Waals surface area contributed by atoms with Gasteiger partial charge in [-0.2, -0.15) is 0 Å². The van der Waals surface area contributed by atoms with Crippen molar-refractivity contribution in [1.82, 2.24) is 5.32 Å². The van der Waals surface area contributed by atoms with Gasteiger partial charge in [-0.05, 0) is 5.92 Å².